The minimum Gasteiger partial charge on any atom is -0.490 e. The van der Waals surface area contributed by atoms with Crippen molar-refractivity contribution in [2.24, 2.45) is 5.16 Å². The van der Waals surface area contributed by atoms with Crippen molar-refractivity contribution in [2.45, 2.75) is 34.3 Å². The van der Waals surface area contributed by atoms with Crippen LogP contribution in [0, 0.1) is 13.8 Å². The smallest absolute Gasteiger partial charge is 0.125 e. The number of aryl methyl sites for hydroxylation is 2. The van der Waals surface area contributed by atoms with Gasteiger partial charge in [-0.2, -0.15) is 0 Å². The summed E-state index contributed by atoms with van der Waals surface area (Å²) < 4.78 is 11.8. The molecule has 26 heavy (non-hydrogen) atoms. The van der Waals surface area contributed by atoms with Crippen LogP contribution < -0.4 is 9.47 Å². The summed E-state index contributed by atoms with van der Waals surface area (Å²) in [6.45, 7) is 8.90. The standard InChI is InChI=1S/C21H26N2O3/c1-6-7-8-25-20-9-15(2)21(16(3)10-20)26-14-18-11-19(13-22-12-18)17(4)23-24-5/h6-7,9-13H,8,14H2,1-5H3/b7-6+,23-17-. The number of pyridine rings is 1. The molecule has 0 atom stereocenters. The van der Waals surface area contributed by atoms with Gasteiger partial charge in [0.2, 0.25) is 0 Å². The first-order valence-corrected chi connectivity index (χ1v) is 8.55. The maximum Gasteiger partial charge on any atom is 0.125 e. The van der Waals surface area contributed by atoms with Crippen molar-refractivity contribution < 1.29 is 14.3 Å². The lowest BCUT2D eigenvalue weighted by Gasteiger charge is -2.14. The molecule has 5 heteroatoms. The van der Waals surface area contributed by atoms with E-state index < -0.39 is 0 Å². The third kappa shape index (κ3) is 5.34. The predicted molar refractivity (Wildman–Crippen MR) is 104 cm³/mol. The van der Waals surface area contributed by atoms with Gasteiger partial charge in [0.05, 0.1) is 5.71 Å². The van der Waals surface area contributed by atoms with E-state index in [1.165, 1.54) is 7.11 Å². The van der Waals surface area contributed by atoms with Gasteiger partial charge in [-0.15, -0.1) is 0 Å². The summed E-state index contributed by atoms with van der Waals surface area (Å²) >= 11 is 0. The fourth-order valence-electron chi connectivity index (χ4n) is 2.57. The van der Waals surface area contributed by atoms with Crippen molar-refractivity contribution in [2.75, 3.05) is 13.7 Å². The summed E-state index contributed by atoms with van der Waals surface area (Å²) in [5, 5.41) is 3.94. The van der Waals surface area contributed by atoms with E-state index in [1.54, 1.807) is 12.4 Å². The lowest BCUT2D eigenvalue weighted by Crippen LogP contribution is -2.03. The minimum atomic E-state index is 0.432. The van der Waals surface area contributed by atoms with Crippen LogP contribution in [0.5, 0.6) is 11.5 Å². The van der Waals surface area contributed by atoms with Crippen LogP contribution in [0.3, 0.4) is 0 Å². The van der Waals surface area contributed by atoms with E-state index in [0.717, 1.165) is 39.5 Å². The number of allylic oxidation sites excluding steroid dienone is 1. The third-order valence-electron chi connectivity index (χ3n) is 3.84. The second-order valence-corrected chi connectivity index (χ2v) is 6.00. The molecule has 1 aromatic heterocycles. The van der Waals surface area contributed by atoms with Gasteiger partial charge >= 0.3 is 0 Å². The van der Waals surface area contributed by atoms with Crippen LogP contribution in [0.25, 0.3) is 0 Å². The number of benzene rings is 1. The molecule has 0 bridgehead atoms. The number of ether oxygens (including phenoxy) is 2. The van der Waals surface area contributed by atoms with Gasteiger partial charge in [0.25, 0.3) is 0 Å². The van der Waals surface area contributed by atoms with Gasteiger partial charge in [0.15, 0.2) is 0 Å². The molecule has 0 aliphatic carbocycles. The fourth-order valence-corrected chi connectivity index (χ4v) is 2.57. The van der Waals surface area contributed by atoms with Crippen molar-refractivity contribution in [1.82, 2.24) is 4.98 Å². The molecule has 0 radical (unpaired) electrons. The van der Waals surface area contributed by atoms with E-state index in [1.807, 2.05) is 58.0 Å². The summed E-state index contributed by atoms with van der Waals surface area (Å²) in [7, 11) is 1.53. The Bertz CT molecular complexity index is 775. The van der Waals surface area contributed by atoms with E-state index >= 15 is 0 Å². The molecule has 1 aromatic carbocycles. The zero-order chi connectivity index (χ0) is 18.9. The first-order valence-electron chi connectivity index (χ1n) is 8.55. The van der Waals surface area contributed by atoms with Gasteiger partial charge in [-0.3, -0.25) is 4.98 Å². The van der Waals surface area contributed by atoms with Crippen LogP contribution in [-0.4, -0.2) is 24.4 Å². The molecule has 1 heterocycles. The molecule has 0 aliphatic rings. The average Bonchev–Trinajstić information content (AvgIpc) is 2.62. The normalized spacial score (nSPS) is 11.7. The lowest BCUT2D eigenvalue weighted by atomic mass is 10.1. The molecule has 0 amide bonds. The molecule has 0 spiro atoms. The Morgan fingerprint density at radius 1 is 1.12 bits per heavy atom. The number of nitrogens with zero attached hydrogens (tertiary/aromatic N) is 2. The van der Waals surface area contributed by atoms with E-state index in [4.69, 9.17) is 14.3 Å². The highest BCUT2D eigenvalue weighted by molar-refractivity contribution is 5.98. The zero-order valence-corrected chi connectivity index (χ0v) is 16.1. The van der Waals surface area contributed by atoms with E-state index in [2.05, 4.69) is 10.1 Å². The van der Waals surface area contributed by atoms with Gasteiger partial charge in [0.1, 0.15) is 31.8 Å². The number of hydrogen-bond acceptors (Lipinski definition) is 5. The van der Waals surface area contributed by atoms with Crippen molar-refractivity contribution in [3.63, 3.8) is 0 Å². The topological polar surface area (TPSA) is 52.9 Å². The Morgan fingerprint density at radius 3 is 2.50 bits per heavy atom. The number of oxime groups is 1. The second kappa shape index (κ2) is 9.61. The highest BCUT2D eigenvalue weighted by Gasteiger charge is 2.09. The van der Waals surface area contributed by atoms with E-state index in [9.17, 15) is 0 Å². The Hall–Kier alpha value is -2.82. The molecule has 0 unspecified atom stereocenters. The highest BCUT2D eigenvalue weighted by Crippen LogP contribution is 2.29. The molecule has 2 rings (SSSR count). The van der Waals surface area contributed by atoms with Crippen LogP contribution in [0.4, 0.5) is 0 Å². The molecule has 2 aromatic rings. The number of aromatic nitrogens is 1. The minimum absolute atomic E-state index is 0.432. The summed E-state index contributed by atoms with van der Waals surface area (Å²) in [5.41, 5.74) is 4.75. The van der Waals surface area contributed by atoms with Crippen LogP contribution in [0.15, 0.2) is 47.9 Å². The number of rotatable bonds is 8. The Kier molecular flexibility index (Phi) is 7.21. The quantitative estimate of drug-likeness (QED) is 0.395. The average molecular weight is 354 g/mol. The van der Waals surface area contributed by atoms with Crippen molar-refractivity contribution >= 4 is 5.71 Å². The Morgan fingerprint density at radius 2 is 1.85 bits per heavy atom. The van der Waals surface area contributed by atoms with Gasteiger partial charge < -0.3 is 14.3 Å². The largest absolute Gasteiger partial charge is 0.490 e. The first kappa shape index (κ1) is 19.5. The summed E-state index contributed by atoms with van der Waals surface area (Å²) in [6, 6.07) is 6.00. The zero-order valence-electron chi connectivity index (χ0n) is 16.1. The Labute approximate surface area is 155 Å². The van der Waals surface area contributed by atoms with Gasteiger partial charge in [-0.25, -0.2) is 0 Å². The molecule has 0 saturated carbocycles. The second-order valence-electron chi connectivity index (χ2n) is 6.00. The third-order valence-corrected chi connectivity index (χ3v) is 3.84. The van der Waals surface area contributed by atoms with Crippen molar-refractivity contribution in [3.8, 4) is 11.5 Å². The van der Waals surface area contributed by atoms with Gasteiger partial charge in [0, 0.05) is 23.5 Å². The predicted octanol–water partition coefficient (Wildman–Crippen LogP) is 4.60. The fraction of sp³-hybridized carbons (Fsp3) is 0.333. The molecule has 0 fully saturated rings. The maximum absolute atomic E-state index is 6.05. The Balaban J connectivity index is 2.10. The summed E-state index contributed by atoms with van der Waals surface area (Å²) in [5.74, 6) is 1.72. The monoisotopic (exact) mass is 354 g/mol. The van der Waals surface area contributed by atoms with Crippen molar-refractivity contribution in [1.29, 1.82) is 0 Å². The molecule has 0 N–H and O–H groups in total. The van der Waals surface area contributed by atoms with Crippen molar-refractivity contribution in [3.05, 3.63) is 65.0 Å². The molecular formula is C21H26N2O3. The van der Waals surface area contributed by atoms with Crippen LogP contribution >= 0.6 is 0 Å². The van der Waals surface area contributed by atoms with E-state index in [0.29, 0.717) is 13.2 Å². The first-order chi connectivity index (χ1) is 12.5. The highest BCUT2D eigenvalue weighted by atomic mass is 16.6. The molecule has 0 aliphatic heterocycles. The maximum atomic E-state index is 6.05. The molecule has 0 saturated heterocycles. The van der Waals surface area contributed by atoms with Gasteiger partial charge in [-0.1, -0.05) is 17.3 Å². The van der Waals surface area contributed by atoms with Crippen LogP contribution in [-0.2, 0) is 11.4 Å². The molecule has 5 nitrogen and oxygen atoms in total. The molecule has 138 valence electrons. The SMILES string of the molecule is C/C=C/COc1cc(C)c(OCc2cncc(/C(C)=N\OC)c2)c(C)c1. The number of hydrogen-bond donors (Lipinski definition) is 0. The van der Waals surface area contributed by atoms with Crippen LogP contribution in [0.2, 0.25) is 0 Å². The summed E-state index contributed by atoms with van der Waals surface area (Å²) in [4.78, 5) is 9.08. The molecular weight excluding hydrogens is 328 g/mol. The van der Waals surface area contributed by atoms with Gasteiger partial charge in [-0.05, 0) is 57.0 Å². The van der Waals surface area contributed by atoms with Crippen LogP contribution in [0.1, 0.15) is 36.1 Å². The summed E-state index contributed by atoms with van der Waals surface area (Å²) in [6.07, 6.45) is 7.50. The van der Waals surface area contributed by atoms with E-state index in [-0.39, 0.29) is 0 Å². The lowest BCUT2D eigenvalue weighted by molar-refractivity contribution is 0.213.